The van der Waals surface area contributed by atoms with E-state index in [0.29, 0.717) is 6.54 Å². The predicted molar refractivity (Wildman–Crippen MR) is 40.0 cm³/mol. The Bertz CT molecular complexity index is 210. The second-order valence-corrected chi connectivity index (χ2v) is 3.90. The molecule has 1 unspecified atom stereocenters. The molecule has 3 nitrogen and oxygen atoms in total. The molecule has 2 fully saturated rings. The van der Waals surface area contributed by atoms with Crippen LogP contribution in [-0.2, 0) is 4.79 Å². The largest absolute Gasteiger partial charge is 0.481 e. The van der Waals surface area contributed by atoms with E-state index in [1.54, 1.807) is 0 Å². The summed E-state index contributed by atoms with van der Waals surface area (Å²) in [5.41, 5.74) is 5.08. The molecule has 11 heavy (non-hydrogen) atoms. The van der Waals surface area contributed by atoms with Gasteiger partial charge in [-0.25, -0.2) is 0 Å². The van der Waals surface area contributed by atoms with E-state index in [-0.39, 0.29) is 5.41 Å². The predicted octanol–water partition coefficient (Wildman–Crippen LogP) is 0.590. The first kappa shape index (κ1) is 7.10. The van der Waals surface area contributed by atoms with Gasteiger partial charge in [-0.3, -0.25) is 4.79 Å². The monoisotopic (exact) mass is 155 g/mol. The summed E-state index contributed by atoms with van der Waals surface area (Å²) in [7, 11) is 0. The van der Waals surface area contributed by atoms with Crippen molar-refractivity contribution in [2.45, 2.75) is 25.7 Å². The molecule has 0 aromatic rings. The topological polar surface area (TPSA) is 63.3 Å². The van der Waals surface area contributed by atoms with Gasteiger partial charge in [0.05, 0.1) is 5.41 Å². The Hall–Kier alpha value is -0.570. The minimum Gasteiger partial charge on any atom is -0.481 e. The third-order valence-corrected chi connectivity index (χ3v) is 3.60. The maximum absolute atomic E-state index is 10.8. The number of hydrogen-bond donors (Lipinski definition) is 2. The summed E-state index contributed by atoms with van der Waals surface area (Å²) in [5, 5.41) is 8.92. The molecule has 3 heteroatoms. The molecular formula is C8H13NO2. The molecular weight excluding hydrogens is 142 g/mol. The summed E-state index contributed by atoms with van der Waals surface area (Å²) in [6.07, 6.45) is 4.17. The number of carboxylic acids is 1. The molecule has 0 radical (unpaired) electrons. The number of carboxylic acid groups (broad SMARTS) is 1. The van der Waals surface area contributed by atoms with Crippen molar-refractivity contribution in [3.05, 3.63) is 0 Å². The van der Waals surface area contributed by atoms with Crippen molar-refractivity contribution in [3.8, 4) is 0 Å². The molecule has 3 N–H and O–H groups in total. The Morgan fingerprint density at radius 2 is 2.18 bits per heavy atom. The fraction of sp³-hybridized carbons (Fsp3) is 0.875. The van der Waals surface area contributed by atoms with Gasteiger partial charge in [-0.1, -0.05) is 6.42 Å². The van der Waals surface area contributed by atoms with Gasteiger partial charge in [0.2, 0.25) is 0 Å². The average Bonchev–Trinajstić information content (AvgIpc) is 2.56. The maximum atomic E-state index is 10.8. The minimum absolute atomic E-state index is 0.133. The lowest BCUT2D eigenvalue weighted by Crippen LogP contribution is -2.34. The van der Waals surface area contributed by atoms with Gasteiger partial charge in [-0.05, 0) is 24.7 Å². The molecule has 0 saturated heterocycles. The van der Waals surface area contributed by atoms with E-state index in [1.165, 1.54) is 6.42 Å². The van der Waals surface area contributed by atoms with E-state index in [9.17, 15) is 4.79 Å². The Kier molecular flexibility index (Phi) is 1.15. The molecule has 1 spiro atoms. The van der Waals surface area contributed by atoms with Gasteiger partial charge in [-0.15, -0.1) is 0 Å². The molecule has 0 amide bonds. The highest BCUT2D eigenvalue weighted by Crippen LogP contribution is 2.73. The number of carbonyl (C=O) groups is 1. The van der Waals surface area contributed by atoms with E-state index < -0.39 is 11.4 Å². The van der Waals surface area contributed by atoms with Crippen LogP contribution < -0.4 is 5.73 Å². The van der Waals surface area contributed by atoms with Crippen molar-refractivity contribution < 1.29 is 9.90 Å². The van der Waals surface area contributed by atoms with Crippen LogP contribution in [-0.4, -0.2) is 17.6 Å². The van der Waals surface area contributed by atoms with Crippen LogP contribution in [0, 0.1) is 10.8 Å². The fourth-order valence-electron chi connectivity index (χ4n) is 2.47. The van der Waals surface area contributed by atoms with Crippen molar-refractivity contribution in [1.82, 2.24) is 0 Å². The van der Waals surface area contributed by atoms with Gasteiger partial charge in [-0.2, -0.15) is 0 Å². The second kappa shape index (κ2) is 1.78. The molecule has 2 rings (SSSR count). The standard InChI is InChI=1S/C8H13NO2/c9-5-8(6(10)11)4-7(8)2-1-3-7/h1-5,9H2,(H,10,11). The highest BCUT2D eigenvalue weighted by Gasteiger charge is 2.73. The molecule has 1 atom stereocenters. The fourth-order valence-corrected chi connectivity index (χ4v) is 2.47. The second-order valence-electron chi connectivity index (χ2n) is 3.90. The van der Waals surface area contributed by atoms with Gasteiger partial charge in [0.25, 0.3) is 0 Å². The lowest BCUT2D eigenvalue weighted by molar-refractivity contribution is -0.145. The Morgan fingerprint density at radius 1 is 1.55 bits per heavy atom. The van der Waals surface area contributed by atoms with Crippen molar-refractivity contribution in [3.63, 3.8) is 0 Å². The van der Waals surface area contributed by atoms with Crippen LogP contribution in [0.1, 0.15) is 25.7 Å². The quantitative estimate of drug-likeness (QED) is 0.613. The van der Waals surface area contributed by atoms with E-state index in [1.807, 2.05) is 0 Å². The van der Waals surface area contributed by atoms with Gasteiger partial charge in [0, 0.05) is 6.54 Å². The Labute approximate surface area is 65.6 Å². The van der Waals surface area contributed by atoms with Crippen LogP contribution >= 0.6 is 0 Å². The van der Waals surface area contributed by atoms with E-state index in [4.69, 9.17) is 10.8 Å². The smallest absolute Gasteiger partial charge is 0.311 e. The summed E-state index contributed by atoms with van der Waals surface area (Å²) in [6.45, 7) is 0.322. The van der Waals surface area contributed by atoms with Crippen LogP contribution in [0.4, 0.5) is 0 Å². The first-order chi connectivity index (χ1) is 5.17. The normalized spacial score (nSPS) is 38.3. The molecule has 2 saturated carbocycles. The summed E-state index contributed by atoms with van der Waals surface area (Å²) < 4.78 is 0. The molecule has 2 aliphatic carbocycles. The van der Waals surface area contributed by atoms with Crippen molar-refractivity contribution >= 4 is 5.97 Å². The van der Waals surface area contributed by atoms with E-state index in [0.717, 1.165) is 19.3 Å². The summed E-state index contributed by atoms with van der Waals surface area (Å²) in [4.78, 5) is 10.8. The van der Waals surface area contributed by atoms with Crippen molar-refractivity contribution in [2.24, 2.45) is 16.6 Å². The van der Waals surface area contributed by atoms with E-state index >= 15 is 0 Å². The zero-order chi connectivity index (χ0) is 8.11. The van der Waals surface area contributed by atoms with Crippen LogP contribution in [0.3, 0.4) is 0 Å². The SMILES string of the molecule is NCC1(C(=O)O)CC12CCC2. The zero-order valence-corrected chi connectivity index (χ0v) is 6.47. The number of rotatable bonds is 2. The molecule has 0 heterocycles. The molecule has 2 aliphatic rings. The van der Waals surface area contributed by atoms with Crippen LogP contribution in [0.5, 0.6) is 0 Å². The lowest BCUT2D eigenvalue weighted by atomic mass is 9.75. The first-order valence-electron chi connectivity index (χ1n) is 4.10. The maximum Gasteiger partial charge on any atom is 0.311 e. The van der Waals surface area contributed by atoms with Gasteiger partial charge < -0.3 is 10.8 Å². The van der Waals surface area contributed by atoms with Crippen LogP contribution in [0.25, 0.3) is 0 Å². The van der Waals surface area contributed by atoms with Crippen molar-refractivity contribution in [1.29, 1.82) is 0 Å². The lowest BCUT2D eigenvalue weighted by Gasteiger charge is -2.30. The first-order valence-corrected chi connectivity index (χ1v) is 4.10. The minimum atomic E-state index is -0.681. The number of hydrogen-bond acceptors (Lipinski definition) is 2. The molecule has 0 bridgehead atoms. The molecule has 0 aromatic carbocycles. The highest BCUT2D eigenvalue weighted by molar-refractivity contribution is 5.80. The third kappa shape index (κ3) is 0.601. The van der Waals surface area contributed by atoms with Gasteiger partial charge in [0.1, 0.15) is 0 Å². The number of aliphatic carboxylic acids is 1. The van der Waals surface area contributed by atoms with Gasteiger partial charge in [0.15, 0.2) is 0 Å². The average molecular weight is 155 g/mol. The third-order valence-electron chi connectivity index (χ3n) is 3.60. The van der Waals surface area contributed by atoms with E-state index in [2.05, 4.69) is 0 Å². The molecule has 0 aliphatic heterocycles. The van der Waals surface area contributed by atoms with Crippen LogP contribution in [0.15, 0.2) is 0 Å². The summed E-state index contributed by atoms with van der Waals surface area (Å²) in [6, 6.07) is 0. The molecule has 62 valence electrons. The zero-order valence-electron chi connectivity index (χ0n) is 6.47. The highest BCUT2D eigenvalue weighted by atomic mass is 16.4. The summed E-state index contributed by atoms with van der Waals surface area (Å²) in [5.74, 6) is -0.681. The Balaban J connectivity index is 2.17. The summed E-state index contributed by atoms with van der Waals surface area (Å²) >= 11 is 0. The van der Waals surface area contributed by atoms with Crippen LogP contribution in [0.2, 0.25) is 0 Å². The van der Waals surface area contributed by atoms with Gasteiger partial charge >= 0.3 is 5.97 Å². The molecule has 0 aromatic heterocycles. The Morgan fingerprint density at radius 3 is 2.27 bits per heavy atom. The number of nitrogens with two attached hydrogens (primary N) is 1. The van der Waals surface area contributed by atoms with Crippen molar-refractivity contribution in [2.75, 3.05) is 6.54 Å².